The van der Waals surface area contributed by atoms with Crippen LogP contribution in [0.3, 0.4) is 0 Å². The van der Waals surface area contributed by atoms with Crippen LogP contribution in [0.25, 0.3) is 0 Å². The minimum absolute atomic E-state index is 0.114. The zero-order valence-corrected chi connectivity index (χ0v) is 14.1. The fourth-order valence-corrected chi connectivity index (χ4v) is 2.77. The predicted molar refractivity (Wildman–Crippen MR) is 86.9 cm³/mol. The fraction of sp³-hybridized carbons (Fsp3) is 0.588. The first-order valence-corrected chi connectivity index (χ1v) is 8.05. The highest BCUT2D eigenvalue weighted by Crippen LogP contribution is 2.24. The van der Waals surface area contributed by atoms with Crippen LogP contribution in [0.1, 0.15) is 54.9 Å². The Morgan fingerprint density at radius 2 is 2.22 bits per heavy atom. The van der Waals surface area contributed by atoms with Crippen molar-refractivity contribution in [1.29, 1.82) is 0 Å². The number of nitrogens with one attached hydrogen (secondary N) is 1. The summed E-state index contributed by atoms with van der Waals surface area (Å²) in [6.07, 6.45) is 5.20. The minimum Gasteiger partial charge on any atom is -0.465 e. The molecule has 1 atom stereocenters. The van der Waals surface area contributed by atoms with Crippen molar-refractivity contribution in [2.45, 2.75) is 52.6 Å². The van der Waals surface area contributed by atoms with E-state index < -0.39 is 5.41 Å². The summed E-state index contributed by atoms with van der Waals surface area (Å²) in [6, 6.07) is 0. The summed E-state index contributed by atoms with van der Waals surface area (Å²) < 4.78 is 6.76. The molecule has 1 unspecified atom stereocenters. The normalized spacial score (nSPS) is 16.1. The number of esters is 1. The smallest absolute Gasteiger partial charge is 0.341 e. The summed E-state index contributed by atoms with van der Waals surface area (Å²) in [5.41, 5.74) is 1.37. The number of hydrogen-bond acceptors (Lipinski definition) is 4. The third-order valence-electron chi connectivity index (χ3n) is 4.67. The maximum atomic E-state index is 12.4. The van der Waals surface area contributed by atoms with Gasteiger partial charge in [0.15, 0.2) is 0 Å². The number of aromatic nitrogens is 2. The molecular formula is C17H25N3O3. The van der Waals surface area contributed by atoms with Gasteiger partial charge in [-0.05, 0) is 32.6 Å². The van der Waals surface area contributed by atoms with Gasteiger partial charge in [-0.25, -0.2) is 4.79 Å². The number of aryl methyl sites for hydroxylation is 1. The van der Waals surface area contributed by atoms with Crippen LogP contribution in [-0.4, -0.2) is 28.8 Å². The third kappa shape index (κ3) is 3.30. The van der Waals surface area contributed by atoms with Crippen LogP contribution in [0, 0.1) is 5.41 Å². The molecule has 0 fully saturated rings. The molecule has 1 amide bonds. The number of amides is 1. The first-order valence-electron chi connectivity index (χ1n) is 8.05. The number of nitrogens with zero attached hydrogens (tertiary/aromatic N) is 2. The van der Waals surface area contributed by atoms with Crippen molar-refractivity contribution in [2.75, 3.05) is 7.11 Å². The standard InChI is InChI=1S/C17H25N3O3/c1-5-17(3,6-2)16(22)18-11-12-14(15(21)23-4)13-9-7-8-10-20(13)19-12/h5H,1,6-11H2,2-4H3,(H,18,22). The largest absolute Gasteiger partial charge is 0.465 e. The number of fused-ring (bicyclic) bond motifs is 1. The highest BCUT2D eigenvalue weighted by molar-refractivity contribution is 5.92. The lowest BCUT2D eigenvalue weighted by atomic mass is 9.87. The second-order valence-electron chi connectivity index (χ2n) is 6.10. The molecule has 0 aliphatic carbocycles. The quantitative estimate of drug-likeness (QED) is 0.644. The Labute approximate surface area is 136 Å². The van der Waals surface area contributed by atoms with Gasteiger partial charge in [0.05, 0.1) is 30.5 Å². The number of carbonyl (C=O) groups is 2. The molecule has 2 rings (SSSR count). The average molecular weight is 319 g/mol. The number of ether oxygens (including phenoxy) is 1. The van der Waals surface area contributed by atoms with Gasteiger partial charge in [0.25, 0.3) is 0 Å². The van der Waals surface area contributed by atoms with E-state index >= 15 is 0 Å². The van der Waals surface area contributed by atoms with Crippen molar-refractivity contribution in [1.82, 2.24) is 15.1 Å². The number of methoxy groups -OCH3 is 1. The van der Waals surface area contributed by atoms with Crippen molar-refractivity contribution in [3.63, 3.8) is 0 Å². The lowest BCUT2D eigenvalue weighted by Gasteiger charge is -2.22. The van der Waals surface area contributed by atoms with Crippen LogP contribution >= 0.6 is 0 Å². The third-order valence-corrected chi connectivity index (χ3v) is 4.67. The first-order chi connectivity index (χ1) is 11.0. The van der Waals surface area contributed by atoms with E-state index in [2.05, 4.69) is 17.0 Å². The van der Waals surface area contributed by atoms with Crippen molar-refractivity contribution >= 4 is 11.9 Å². The van der Waals surface area contributed by atoms with Crippen LogP contribution in [-0.2, 0) is 29.0 Å². The van der Waals surface area contributed by atoms with Gasteiger partial charge in [0.2, 0.25) is 5.91 Å². The molecule has 0 saturated carbocycles. The van der Waals surface area contributed by atoms with Crippen molar-refractivity contribution in [2.24, 2.45) is 5.41 Å². The molecule has 0 spiro atoms. The van der Waals surface area contributed by atoms with Gasteiger partial charge in [0, 0.05) is 6.54 Å². The Balaban J connectivity index is 2.23. The Bertz CT molecular complexity index is 621. The molecule has 6 heteroatoms. The number of rotatable bonds is 6. The maximum Gasteiger partial charge on any atom is 0.341 e. The van der Waals surface area contributed by atoms with Crippen LogP contribution < -0.4 is 5.32 Å². The second-order valence-corrected chi connectivity index (χ2v) is 6.10. The van der Waals surface area contributed by atoms with Crippen LogP contribution in [0.5, 0.6) is 0 Å². The van der Waals surface area contributed by atoms with Crippen LogP contribution in [0.15, 0.2) is 12.7 Å². The molecule has 23 heavy (non-hydrogen) atoms. The highest BCUT2D eigenvalue weighted by atomic mass is 16.5. The topological polar surface area (TPSA) is 73.2 Å². The molecule has 6 nitrogen and oxygen atoms in total. The number of carbonyl (C=O) groups excluding carboxylic acids is 2. The second kappa shape index (κ2) is 6.98. The molecule has 1 aromatic rings. The molecule has 0 aromatic carbocycles. The molecule has 2 heterocycles. The minimum atomic E-state index is -0.620. The zero-order chi connectivity index (χ0) is 17.0. The van der Waals surface area contributed by atoms with E-state index in [9.17, 15) is 9.59 Å². The Morgan fingerprint density at radius 1 is 1.48 bits per heavy atom. The fourth-order valence-electron chi connectivity index (χ4n) is 2.77. The van der Waals surface area contributed by atoms with Crippen LogP contribution in [0.2, 0.25) is 0 Å². The lowest BCUT2D eigenvalue weighted by Crippen LogP contribution is -2.37. The molecule has 126 valence electrons. The Morgan fingerprint density at radius 3 is 2.83 bits per heavy atom. The summed E-state index contributed by atoms with van der Waals surface area (Å²) in [5.74, 6) is -0.504. The summed E-state index contributed by atoms with van der Waals surface area (Å²) in [7, 11) is 1.36. The van der Waals surface area contributed by atoms with Gasteiger partial charge in [-0.1, -0.05) is 13.0 Å². The molecule has 0 saturated heterocycles. The molecule has 1 N–H and O–H groups in total. The zero-order valence-electron chi connectivity index (χ0n) is 14.1. The summed E-state index contributed by atoms with van der Waals surface area (Å²) in [4.78, 5) is 24.5. The molecule has 1 aliphatic rings. The lowest BCUT2D eigenvalue weighted by molar-refractivity contribution is -0.128. The van der Waals surface area contributed by atoms with Crippen LogP contribution in [0.4, 0.5) is 0 Å². The van der Waals surface area contributed by atoms with Gasteiger partial charge >= 0.3 is 5.97 Å². The van der Waals surface area contributed by atoms with Gasteiger partial charge in [-0.2, -0.15) is 5.10 Å². The molecular weight excluding hydrogens is 294 g/mol. The van der Waals surface area contributed by atoms with Crippen molar-refractivity contribution in [3.8, 4) is 0 Å². The molecule has 0 bridgehead atoms. The Kier molecular flexibility index (Phi) is 5.23. The van der Waals surface area contributed by atoms with Gasteiger partial charge in [0.1, 0.15) is 5.56 Å². The molecule has 1 aliphatic heterocycles. The summed E-state index contributed by atoms with van der Waals surface area (Å²) in [5, 5.41) is 7.38. The predicted octanol–water partition coefficient (Wildman–Crippen LogP) is 2.22. The Hall–Kier alpha value is -2.11. The van der Waals surface area contributed by atoms with Crippen molar-refractivity contribution < 1.29 is 14.3 Å². The van der Waals surface area contributed by atoms with E-state index in [1.165, 1.54) is 7.11 Å². The summed E-state index contributed by atoms with van der Waals surface area (Å²) in [6.45, 7) is 8.53. The maximum absolute atomic E-state index is 12.4. The van der Waals surface area contributed by atoms with Gasteiger partial charge in [-0.15, -0.1) is 6.58 Å². The number of hydrogen-bond donors (Lipinski definition) is 1. The van der Waals surface area contributed by atoms with E-state index in [4.69, 9.17) is 4.74 Å². The summed E-state index contributed by atoms with van der Waals surface area (Å²) >= 11 is 0. The highest BCUT2D eigenvalue weighted by Gasteiger charge is 2.30. The van der Waals surface area contributed by atoms with E-state index in [0.29, 0.717) is 17.7 Å². The van der Waals surface area contributed by atoms with Crippen molar-refractivity contribution in [3.05, 3.63) is 29.6 Å². The van der Waals surface area contributed by atoms with Gasteiger partial charge in [-0.3, -0.25) is 9.48 Å². The monoisotopic (exact) mass is 319 g/mol. The van der Waals surface area contributed by atoms with E-state index in [0.717, 1.165) is 31.5 Å². The molecule has 1 aromatic heterocycles. The van der Waals surface area contributed by atoms with E-state index in [1.807, 2.05) is 18.5 Å². The van der Waals surface area contributed by atoms with Gasteiger partial charge < -0.3 is 10.1 Å². The molecule has 0 radical (unpaired) electrons. The first kappa shape index (κ1) is 17.2. The SMILES string of the molecule is C=CC(C)(CC)C(=O)NCc1nn2c(c1C(=O)OC)CCCC2. The van der Waals surface area contributed by atoms with E-state index in [-0.39, 0.29) is 18.4 Å². The van der Waals surface area contributed by atoms with E-state index in [1.54, 1.807) is 6.08 Å². The average Bonchev–Trinajstić information content (AvgIpc) is 2.96.